The predicted molar refractivity (Wildman–Crippen MR) is 51.9 cm³/mol. The Morgan fingerprint density at radius 3 is 2.57 bits per heavy atom. The number of β-amino-alcohol motifs (C(OH)–C–C–N with tert-alkyl or cyclic N) is 1. The molecule has 0 aromatic rings. The molecule has 2 N–H and O–H groups in total. The first kappa shape index (κ1) is 10.4. The third-order valence-electron chi connectivity index (χ3n) is 2.59. The Balaban J connectivity index is 1.97. The second kappa shape index (κ2) is 3.77. The zero-order valence-corrected chi connectivity index (χ0v) is 8.83. The van der Waals surface area contributed by atoms with Crippen LogP contribution in [0, 0.1) is 0 Å². The van der Waals surface area contributed by atoms with Crippen molar-refractivity contribution in [1.82, 2.24) is 9.03 Å². The molecule has 1 atom stereocenters. The van der Waals surface area contributed by atoms with Crippen molar-refractivity contribution in [3.63, 3.8) is 0 Å². The van der Waals surface area contributed by atoms with E-state index in [2.05, 4.69) is 4.72 Å². The summed E-state index contributed by atoms with van der Waals surface area (Å²) in [4.78, 5) is 0. The van der Waals surface area contributed by atoms with Crippen molar-refractivity contribution in [2.45, 2.75) is 37.8 Å². The lowest BCUT2D eigenvalue weighted by molar-refractivity contribution is 0.107. The predicted octanol–water partition coefficient (Wildman–Crippen LogP) is -0.560. The summed E-state index contributed by atoms with van der Waals surface area (Å²) in [6.45, 7) is 0.765. The molecule has 1 aliphatic carbocycles. The van der Waals surface area contributed by atoms with Crippen molar-refractivity contribution in [2.75, 3.05) is 13.1 Å². The highest BCUT2D eigenvalue weighted by Crippen LogP contribution is 2.21. The first-order chi connectivity index (χ1) is 6.58. The maximum atomic E-state index is 11.7. The molecule has 1 heterocycles. The van der Waals surface area contributed by atoms with E-state index in [9.17, 15) is 13.5 Å². The van der Waals surface area contributed by atoms with Gasteiger partial charge in [0.2, 0.25) is 0 Å². The maximum absolute atomic E-state index is 11.7. The van der Waals surface area contributed by atoms with Crippen LogP contribution >= 0.6 is 0 Å². The standard InChI is InChI=1S/C8H16N2O3S/c11-8-2-1-5-10(6-8)14(12,13)9-7-3-4-7/h7-9,11H,1-6H2. The molecule has 82 valence electrons. The molecule has 1 unspecified atom stereocenters. The topological polar surface area (TPSA) is 69.6 Å². The van der Waals surface area contributed by atoms with Crippen LogP contribution in [-0.2, 0) is 10.2 Å². The van der Waals surface area contributed by atoms with Crippen LogP contribution in [0.1, 0.15) is 25.7 Å². The summed E-state index contributed by atoms with van der Waals surface area (Å²) >= 11 is 0. The van der Waals surface area contributed by atoms with Crippen molar-refractivity contribution in [2.24, 2.45) is 0 Å². The van der Waals surface area contributed by atoms with Gasteiger partial charge < -0.3 is 5.11 Å². The fraction of sp³-hybridized carbons (Fsp3) is 1.00. The third-order valence-corrected chi connectivity index (χ3v) is 4.23. The molecule has 5 nitrogen and oxygen atoms in total. The van der Waals surface area contributed by atoms with Crippen LogP contribution in [0.2, 0.25) is 0 Å². The van der Waals surface area contributed by atoms with Gasteiger partial charge in [-0.3, -0.25) is 0 Å². The minimum Gasteiger partial charge on any atom is -0.392 e. The van der Waals surface area contributed by atoms with Crippen molar-refractivity contribution in [1.29, 1.82) is 0 Å². The van der Waals surface area contributed by atoms with Gasteiger partial charge in [-0.05, 0) is 25.7 Å². The average molecular weight is 220 g/mol. The van der Waals surface area contributed by atoms with E-state index in [1.807, 2.05) is 0 Å². The molecule has 1 aliphatic heterocycles. The monoisotopic (exact) mass is 220 g/mol. The van der Waals surface area contributed by atoms with Crippen LogP contribution in [0.4, 0.5) is 0 Å². The molecule has 0 radical (unpaired) electrons. The normalized spacial score (nSPS) is 30.5. The minimum atomic E-state index is -3.33. The van der Waals surface area contributed by atoms with Crippen LogP contribution in [0.25, 0.3) is 0 Å². The molecule has 2 rings (SSSR count). The van der Waals surface area contributed by atoms with Crippen molar-refractivity contribution in [3.8, 4) is 0 Å². The summed E-state index contributed by atoms with van der Waals surface area (Å²) < 4.78 is 27.3. The first-order valence-corrected chi connectivity index (χ1v) is 6.47. The van der Waals surface area contributed by atoms with Gasteiger partial charge in [-0.15, -0.1) is 0 Å². The van der Waals surface area contributed by atoms with Gasteiger partial charge in [0.25, 0.3) is 10.2 Å². The fourth-order valence-corrected chi connectivity index (χ4v) is 3.17. The number of piperidine rings is 1. The molecule has 0 amide bonds. The number of rotatable bonds is 3. The lowest BCUT2D eigenvalue weighted by Crippen LogP contribution is -2.48. The maximum Gasteiger partial charge on any atom is 0.279 e. The van der Waals surface area contributed by atoms with Crippen LogP contribution in [-0.4, -0.2) is 43.1 Å². The molecule has 0 aromatic carbocycles. The molecule has 14 heavy (non-hydrogen) atoms. The molecule has 1 saturated heterocycles. The van der Waals surface area contributed by atoms with Gasteiger partial charge in [-0.2, -0.15) is 17.4 Å². The van der Waals surface area contributed by atoms with E-state index < -0.39 is 16.3 Å². The van der Waals surface area contributed by atoms with Crippen LogP contribution in [0.5, 0.6) is 0 Å². The SMILES string of the molecule is O=S(=O)(NC1CC1)N1CCCC(O)C1. The zero-order valence-electron chi connectivity index (χ0n) is 8.02. The Hall–Kier alpha value is -0.170. The van der Waals surface area contributed by atoms with Crippen LogP contribution in [0.3, 0.4) is 0 Å². The third kappa shape index (κ3) is 2.44. The summed E-state index contributed by atoms with van der Waals surface area (Å²) in [5.41, 5.74) is 0. The van der Waals surface area contributed by atoms with E-state index in [4.69, 9.17) is 0 Å². The highest BCUT2D eigenvalue weighted by atomic mass is 32.2. The van der Waals surface area contributed by atoms with Gasteiger partial charge in [-0.25, -0.2) is 0 Å². The Labute approximate surface area is 84.3 Å². The molecule has 0 aromatic heterocycles. The van der Waals surface area contributed by atoms with E-state index in [1.54, 1.807) is 0 Å². The van der Waals surface area contributed by atoms with E-state index in [-0.39, 0.29) is 12.6 Å². The van der Waals surface area contributed by atoms with Gasteiger partial charge >= 0.3 is 0 Å². The number of nitrogens with zero attached hydrogens (tertiary/aromatic N) is 1. The Morgan fingerprint density at radius 2 is 2.00 bits per heavy atom. The van der Waals surface area contributed by atoms with Gasteiger partial charge in [0.1, 0.15) is 0 Å². The van der Waals surface area contributed by atoms with Gasteiger partial charge in [0.05, 0.1) is 6.10 Å². The average Bonchev–Trinajstić information content (AvgIpc) is 2.87. The molecule has 2 fully saturated rings. The molecule has 2 aliphatic rings. The molecule has 0 spiro atoms. The molecule has 0 bridgehead atoms. The Bertz CT molecular complexity index is 300. The van der Waals surface area contributed by atoms with Crippen LogP contribution < -0.4 is 4.72 Å². The van der Waals surface area contributed by atoms with Crippen LogP contribution in [0.15, 0.2) is 0 Å². The summed E-state index contributed by atoms with van der Waals surface area (Å²) in [6, 6.07) is 0.138. The quantitative estimate of drug-likeness (QED) is 0.670. The number of aliphatic hydroxyl groups excluding tert-OH is 1. The minimum absolute atomic E-state index is 0.138. The first-order valence-electron chi connectivity index (χ1n) is 5.03. The van der Waals surface area contributed by atoms with Crippen molar-refractivity contribution >= 4 is 10.2 Å². The summed E-state index contributed by atoms with van der Waals surface area (Å²) in [6.07, 6.45) is 2.83. The van der Waals surface area contributed by atoms with Crippen molar-refractivity contribution in [3.05, 3.63) is 0 Å². The van der Waals surface area contributed by atoms with Gasteiger partial charge in [-0.1, -0.05) is 0 Å². The van der Waals surface area contributed by atoms with E-state index in [1.165, 1.54) is 4.31 Å². The van der Waals surface area contributed by atoms with Gasteiger partial charge in [0.15, 0.2) is 0 Å². The second-order valence-corrected chi connectivity index (χ2v) is 5.75. The summed E-state index contributed by atoms with van der Waals surface area (Å²) in [5.74, 6) is 0. The van der Waals surface area contributed by atoms with Crippen molar-refractivity contribution < 1.29 is 13.5 Å². The lowest BCUT2D eigenvalue weighted by Gasteiger charge is -2.29. The fourth-order valence-electron chi connectivity index (χ4n) is 1.63. The molecule has 1 saturated carbocycles. The second-order valence-electron chi connectivity index (χ2n) is 4.05. The summed E-state index contributed by atoms with van der Waals surface area (Å²) in [7, 11) is -3.33. The Kier molecular flexibility index (Phi) is 2.79. The smallest absolute Gasteiger partial charge is 0.279 e. The lowest BCUT2D eigenvalue weighted by atomic mass is 10.1. The van der Waals surface area contributed by atoms with Gasteiger partial charge in [0, 0.05) is 19.1 Å². The van der Waals surface area contributed by atoms with E-state index >= 15 is 0 Å². The highest BCUT2D eigenvalue weighted by molar-refractivity contribution is 7.87. The molecular weight excluding hydrogens is 204 g/mol. The largest absolute Gasteiger partial charge is 0.392 e. The summed E-state index contributed by atoms with van der Waals surface area (Å²) in [5, 5.41) is 9.36. The number of hydrogen-bond acceptors (Lipinski definition) is 3. The van der Waals surface area contributed by atoms with E-state index in [0.29, 0.717) is 13.0 Å². The zero-order chi connectivity index (χ0) is 10.2. The highest BCUT2D eigenvalue weighted by Gasteiger charge is 2.33. The van der Waals surface area contributed by atoms with E-state index in [0.717, 1.165) is 19.3 Å². The number of aliphatic hydroxyl groups is 1. The number of hydrogen-bond donors (Lipinski definition) is 2. The number of nitrogens with one attached hydrogen (secondary N) is 1. The molecular formula is C8H16N2O3S. The molecule has 6 heteroatoms. The Morgan fingerprint density at radius 1 is 1.29 bits per heavy atom.